The number of halogens is 1. The minimum absolute atomic E-state index is 0.158. The van der Waals surface area contributed by atoms with Crippen molar-refractivity contribution in [1.29, 1.82) is 0 Å². The van der Waals surface area contributed by atoms with E-state index in [1.54, 1.807) is 12.3 Å². The van der Waals surface area contributed by atoms with Crippen molar-refractivity contribution in [2.24, 2.45) is 11.7 Å². The van der Waals surface area contributed by atoms with Crippen LogP contribution in [0.3, 0.4) is 0 Å². The van der Waals surface area contributed by atoms with Crippen molar-refractivity contribution in [3.05, 3.63) is 34.2 Å². The van der Waals surface area contributed by atoms with E-state index in [4.69, 9.17) is 17.3 Å². The van der Waals surface area contributed by atoms with Gasteiger partial charge in [0.1, 0.15) is 5.02 Å². The Bertz CT molecular complexity index is 495. The fourth-order valence-electron chi connectivity index (χ4n) is 1.89. The third-order valence-electron chi connectivity index (χ3n) is 3.07. The quantitative estimate of drug-likeness (QED) is 0.761. The average Bonchev–Trinajstić information content (AvgIpc) is 3.19. The van der Waals surface area contributed by atoms with Crippen LogP contribution in [0.4, 0.5) is 5.69 Å². The summed E-state index contributed by atoms with van der Waals surface area (Å²) < 4.78 is 1.27. The predicted molar refractivity (Wildman–Crippen MR) is 72.9 cm³/mol. The van der Waals surface area contributed by atoms with Gasteiger partial charge in [0.15, 0.2) is 0 Å². The zero-order valence-electron chi connectivity index (χ0n) is 10.1. The number of nitrogens with one attached hydrogen (secondary N) is 1. The Balaban J connectivity index is 2.20. The van der Waals surface area contributed by atoms with Crippen molar-refractivity contribution in [3.8, 4) is 0 Å². The Kier molecular flexibility index (Phi) is 4.04. The largest absolute Gasteiger partial charge is 0.378 e. The molecule has 1 saturated carbocycles. The van der Waals surface area contributed by atoms with Gasteiger partial charge in [-0.15, -0.1) is 6.58 Å². The zero-order valence-corrected chi connectivity index (χ0v) is 10.9. The summed E-state index contributed by atoms with van der Waals surface area (Å²) in [6.45, 7) is 4.44. The Morgan fingerprint density at radius 3 is 3.00 bits per heavy atom. The third kappa shape index (κ3) is 2.73. The van der Waals surface area contributed by atoms with Gasteiger partial charge in [-0.1, -0.05) is 17.7 Å². The summed E-state index contributed by atoms with van der Waals surface area (Å²) in [7, 11) is 0. The number of rotatable bonds is 6. The number of allylic oxidation sites excluding steroid dienone is 1. The molecule has 0 spiro atoms. The highest BCUT2D eigenvalue weighted by Gasteiger charge is 2.30. The highest BCUT2D eigenvalue weighted by Crippen LogP contribution is 2.34. The van der Waals surface area contributed by atoms with E-state index in [2.05, 4.69) is 17.0 Å². The summed E-state index contributed by atoms with van der Waals surface area (Å²) in [5.41, 5.74) is 5.95. The second kappa shape index (κ2) is 5.54. The van der Waals surface area contributed by atoms with Gasteiger partial charge in [-0.2, -0.15) is 5.10 Å². The molecular formula is C12H17ClN4O. The smallest absolute Gasteiger partial charge is 0.287 e. The van der Waals surface area contributed by atoms with Crippen molar-refractivity contribution in [1.82, 2.24) is 9.78 Å². The Hall–Kier alpha value is -1.33. The minimum Gasteiger partial charge on any atom is -0.378 e. The standard InChI is InChI=1S/C12H17ClN4O/c1-2-5-17-12(18)11(13)10(7-15-17)16-9(6-14)8-3-4-8/h2,7-9,16H,1,3-6,14H2. The number of nitrogens with zero attached hydrogens (tertiary/aromatic N) is 2. The lowest BCUT2D eigenvalue weighted by Gasteiger charge is -2.18. The normalized spacial score (nSPS) is 16.3. The molecule has 5 nitrogen and oxygen atoms in total. The molecule has 3 N–H and O–H groups in total. The molecule has 1 aliphatic carbocycles. The Morgan fingerprint density at radius 2 is 2.44 bits per heavy atom. The van der Waals surface area contributed by atoms with Gasteiger partial charge in [-0.3, -0.25) is 4.79 Å². The summed E-state index contributed by atoms with van der Waals surface area (Å²) in [5, 5.41) is 7.41. The first-order chi connectivity index (χ1) is 8.67. The maximum atomic E-state index is 11.9. The van der Waals surface area contributed by atoms with Gasteiger partial charge in [-0.25, -0.2) is 4.68 Å². The molecule has 0 aromatic carbocycles. The molecule has 1 atom stereocenters. The summed E-state index contributed by atoms with van der Waals surface area (Å²) in [4.78, 5) is 11.9. The zero-order chi connectivity index (χ0) is 13.1. The number of aromatic nitrogens is 2. The molecule has 1 aromatic heterocycles. The van der Waals surface area contributed by atoms with Gasteiger partial charge in [0.25, 0.3) is 5.56 Å². The molecule has 1 heterocycles. The molecule has 1 aliphatic rings. The van der Waals surface area contributed by atoms with Gasteiger partial charge in [0.05, 0.1) is 18.4 Å². The molecule has 0 aliphatic heterocycles. The van der Waals surface area contributed by atoms with Gasteiger partial charge in [0.2, 0.25) is 0 Å². The first-order valence-electron chi connectivity index (χ1n) is 6.00. The molecule has 6 heteroatoms. The second-order valence-electron chi connectivity index (χ2n) is 4.47. The molecule has 18 heavy (non-hydrogen) atoms. The van der Waals surface area contributed by atoms with Crippen molar-refractivity contribution in [3.63, 3.8) is 0 Å². The van der Waals surface area contributed by atoms with Crippen molar-refractivity contribution in [2.75, 3.05) is 11.9 Å². The molecule has 0 radical (unpaired) electrons. The molecule has 0 saturated heterocycles. The van der Waals surface area contributed by atoms with E-state index >= 15 is 0 Å². The SMILES string of the molecule is C=CCn1ncc(NC(CN)C2CC2)c(Cl)c1=O. The fraction of sp³-hybridized carbons (Fsp3) is 0.500. The van der Waals surface area contributed by atoms with Crippen LogP contribution in [-0.4, -0.2) is 22.4 Å². The van der Waals surface area contributed by atoms with E-state index in [1.807, 2.05) is 0 Å². The lowest BCUT2D eigenvalue weighted by Crippen LogP contribution is -2.32. The maximum Gasteiger partial charge on any atom is 0.287 e. The van der Waals surface area contributed by atoms with Gasteiger partial charge >= 0.3 is 0 Å². The maximum absolute atomic E-state index is 11.9. The monoisotopic (exact) mass is 268 g/mol. The average molecular weight is 269 g/mol. The first-order valence-corrected chi connectivity index (χ1v) is 6.38. The van der Waals surface area contributed by atoms with Gasteiger partial charge in [-0.05, 0) is 18.8 Å². The molecule has 0 bridgehead atoms. The molecule has 1 aromatic rings. The summed E-state index contributed by atoms with van der Waals surface area (Å²) in [6, 6.07) is 0.166. The Labute approximate surface area is 111 Å². The summed E-state index contributed by atoms with van der Waals surface area (Å²) in [5.74, 6) is 0.585. The van der Waals surface area contributed by atoms with E-state index < -0.39 is 0 Å². The lowest BCUT2D eigenvalue weighted by molar-refractivity contribution is 0.632. The highest BCUT2D eigenvalue weighted by atomic mass is 35.5. The summed E-state index contributed by atoms with van der Waals surface area (Å²) in [6.07, 6.45) is 5.52. The van der Waals surface area contributed by atoms with Gasteiger partial charge in [0, 0.05) is 12.6 Å². The van der Waals surface area contributed by atoms with E-state index in [0.717, 1.165) is 0 Å². The van der Waals surface area contributed by atoms with Crippen LogP contribution in [0.2, 0.25) is 5.02 Å². The highest BCUT2D eigenvalue weighted by molar-refractivity contribution is 6.32. The number of anilines is 1. The molecule has 98 valence electrons. The van der Waals surface area contributed by atoms with Crippen LogP contribution in [0.15, 0.2) is 23.6 Å². The molecular weight excluding hydrogens is 252 g/mol. The number of hydrogen-bond donors (Lipinski definition) is 2. The van der Waals surface area contributed by atoms with Crippen LogP contribution >= 0.6 is 11.6 Å². The van der Waals surface area contributed by atoms with Crippen LogP contribution in [0.5, 0.6) is 0 Å². The minimum atomic E-state index is -0.312. The van der Waals surface area contributed by atoms with Crippen LogP contribution in [0.1, 0.15) is 12.8 Å². The van der Waals surface area contributed by atoms with Crippen molar-refractivity contribution in [2.45, 2.75) is 25.4 Å². The number of nitrogens with two attached hydrogens (primary N) is 1. The first kappa shape index (κ1) is 13.1. The van der Waals surface area contributed by atoms with Crippen LogP contribution < -0.4 is 16.6 Å². The van der Waals surface area contributed by atoms with E-state index in [-0.39, 0.29) is 16.6 Å². The second-order valence-corrected chi connectivity index (χ2v) is 4.85. The fourth-order valence-corrected chi connectivity index (χ4v) is 2.09. The van der Waals surface area contributed by atoms with Gasteiger partial charge < -0.3 is 11.1 Å². The molecule has 1 fully saturated rings. The predicted octanol–water partition coefficient (Wildman–Crippen LogP) is 1.23. The van der Waals surface area contributed by atoms with E-state index in [9.17, 15) is 4.79 Å². The van der Waals surface area contributed by atoms with Crippen molar-refractivity contribution < 1.29 is 0 Å². The summed E-state index contributed by atoms with van der Waals surface area (Å²) >= 11 is 6.05. The van der Waals surface area contributed by atoms with Crippen LogP contribution in [-0.2, 0) is 6.54 Å². The molecule has 0 amide bonds. The van der Waals surface area contributed by atoms with Crippen LogP contribution in [0.25, 0.3) is 0 Å². The van der Waals surface area contributed by atoms with Crippen molar-refractivity contribution >= 4 is 17.3 Å². The molecule has 1 unspecified atom stereocenters. The van der Waals surface area contributed by atoms with E-state index in [1.165, 1.54) is 17.5 Å². The lowest BCUT2D eigenvalue weighted by atomic mass is 10.2. The van der Waals surface area contributed by atoms with E-state index in [0.29, 0.717) is 24.7 Å². The molecule has 2 rings (SSSR count). The Morgan fingerprint density at radius 1 is 1.72 bits per heavy atom. The third-order valence-corrected chi connectivity index (χ3v) is 3.44. The number of hydrogen-bond acceptors (Lipinski definition) is 4. The topological polar surface area (TPSA) is 72.9 Å². The van der Waals surface area contributed by atoms with Crippen LogP contribution in [0, 0.1) is 5.92 Å².